The summed E-state index contributed by atoms with van der Waals surface area (Å²) in [5.74, 6) is 0.732. The molecule has 6 heteroatoms. The number of hydrogen-bond donors (Lipinski definition) is 2. The third-order valence-electron chi connectivity index (χ3n) is 2.43. The van der Waals surface area contributed by atoms with E-state index in [0.29, 0.717) is 5.56 Å². The lowest BCUT2D eigenvalue weighted by Crippen LogP contribution is -2.25. The number of nitrogens with one attached hydrogen (secondary N) is 2. The normalized spacial score (nSPS) is 10.0. The summed E-state index contributed by atoms with van der Waals surface area (Å²) in [4.78, 5) is 22.6. The highest BCUT2D eigenvalue weighted by Crippen LogP contribution is 2.12. The lowest BCUT2D eigenvalue weighted by atomic mass is 10.2. The molecule has 0 saturated carbocycles. The van der Waals surface area contributed by atoms with Crippen molar-refractivity contribution in [2.24, 2.45) is 7.05 Å². The lowest BCUT2D eigenvalue weighted by molar-refractivity contribution is 0.262. The van der Waals surface area contributed by atoms with Crippen LogP contribution in [0.3, 0.4) is 0 Å². The van der Waals surface area contributed by atoms with Crippen molar-refractivity contribution in [3.63, 3.8) is 0 Å². The second kappa shape index (κ2) is 5.33. The number of nitrogens with zero attached hydrogens (tertiary/aromatic N) is 1. The quantitative estimate of drug-likeness (QED) is 0.498. The number of rotatable bonds is 3. The summed E-state index contributed by atoms with van der Waals surface area (Å²) in [5, 5.41) is 5.60. The first-order valence-corrected chi connectivity index (χ1v) is 5.85. The van der Waals surface area contributed by atoms with E-state index in [-0.39, 0.29) is 15.9 Å². The van der Waals surface area contributed by atoms with Gasteiger partial charge in [0.05, 0.1) is 12.1 Å². The first-order chi connectivity index (χ1) is 7.47. The third-order valence-corrected chi connectivity index (χ3v) is 2.81. The van der Waals surface area contributed by atoms with Crippen LogP contribution in [0.2, 0.25) is 0 Å². The van der Waals surface area contributed by atoms with E-state index in [1.807, 2.05) is 18.5 Å². The molecule has 0 saturated heterocycles. The smallest absolute Gasteiger partial charge is 0.280 e. The maximum absolute atomic E-state index is 11.8. The molecule has 5 nitrogen and oxygen atoms in total. The fourth-order valence-corrected chi connectivity index (χ4v) is 1.71. The van der Waals surface area contributed by atoms with Crippen molar-refractivity contribution in [3.05, 3.63) is 27.5 Å². The van der Waals surface area contributed by atoms with Gasteiger partial charge in [0.25, 0.3) is 3.91 Å². The Morgan fingerprint density at radius 1 is 1.56 bits per heavy atom. The van der Waals surface area contributed by atoms with Gasteiger partial charge in [0, 0.05) is 48.4 Å². The van der Waals surface area contributed by atoms with Crippen LogP contribution >= 0.6 is 22.6 Å². The minimum atomic E-state index is -0.178. The number of aryl methyl sites for hydroxylation is 1. The van der Waals surface area contributed by atoms with Gasteiger partial charge in [-0.15, -0.1) is 0 Å². The molecule has 0 radical (unpaired) electrons. The largest absolute Gasteiger partial charge is 0.374 e. The molecular weight excluding hydrogens is 321 g/mol. The second-order valence-corrected chi connectivity index (χ2v) is 4.39. The van der Waals surface area contributed by atoms with Crippen molar-refractivity contribution in [2.75, 3.05) is 12.4 Å². The molecule has 0 aliphatic rings. The standard InChI is InChI=1S/C10H14IN3O2/c1-6-4-8(15)7(5-13-10(11)16)9(12-2)14(6)3/h4,12H,5H2,1-3H3,(H,13,16). The molecule has 2 N–H and O–H groups in total. The maximum Gasteiger partial charge on any atom is 0.280 e. The number of aromatic nitrogens is 1. The molecule has 0 bridgehead atoms. The average Bonchev–Trinajstić information content (AvgIpc) is 2.21. The molecule has 0 aromatic carbocycles. The van der Waals surface area contributed by atoms with Gasteiger partial charge in [-0.2, -0.15) is 0 Å². The van der Waals surface area contributed by atoms with Gasteiger partial charge in [-0.05, 0) is 6.92 Å². The minimum absolute atomic E-state index is 0.0647. The summed E-state index contributed by atoms with van der Waals surface area (Å²) in [5.41, 5.74) is 1.38. The Kier molecular flexibility index (Phi) is 4.34. The highest BCUT2D eigenvalue weighted by atomic mass is 127. The SMILES string of the molecule is CNc1c(CNC(=O)I)c(=O)cc(C)n1C. The van der Waals surface area contributed by atoms with Crippen LogP contribution in [0.4, 0.5) is 10.6 Å². The van der Waals surface area contributed by atoms with Gasteiger partial charge in [-0.25, -0.2) is 0 Å². The monoisotopic (exact) mass is 335 g/mol. The van der Waals surface area contributed by atoms with E-state index in [1.54, 1.807) is 35.7 Å². The summed E-state index contributed by atoms with van der Waals surface area (Å²) in [6.07, 6.45) is 0. The maximum atomic E-state index is 11.8. The Hall–Kier alpha value is -1.05. The van der Waals surface area contributed by atoms with Gasteiger partial charge >= 0.3 is 0 Å². The second-order valence-electron chi connectivity index (χ2n) is 3.41. The molecule has 1 aromatic heterocycles. The molecule has 1 rings (SSSR count). The molecule has 88 valence electrons. The van der Waals surface area contributed by atoms with Crippen molar-refractivity contribution in [3.8, 4) is 0 Å². The molecule has 16 heavy (non-hydrogen) atoms. The van der Waals surface area contributed by atoms with Crippen molar-refractivity contribution >= 4 is 32.3 Å². The summed E-state index contributed by atoms with van der Waals surface area (Å²) in [7, 11) is 3.62. The van der Waals surface area contributed by atoms with Gasteiger partial charge in [-0.1, -0.05) is 0 Å². The predicted octanol–water partition coefficient (Wildman–Crippen LogP) is 1.38. The molecule has 0 unspecified atom stereocenters. The summed E-state index contributed by atoms with van der Waals surface area (Å²) in [6, 6.07) is 1.57. The number of halogens is 1. The molecule has 0 aliphatic heterocycles. The molecule has 0 atom stereocenters. The van der Waals surface area contributed by atoms with E-state index in [9.17, 15) is 9.59 Å². The van der Waals surface area contributed by atoms with Gasteiger partial charge in [0.2, 0.25) is 0 Å². The Balaban J connectivity index is 3.21. The number of carbonyl (C=O) groups excluding carboxylic acids is 1. The Labute approximate surface area is 107 Å². The van der Waals surface area contributed by atoms with Crippen molar-refractivity contribution < 1.29 is 4.79 Å². The zero-order valence-electron chi connectivity index (χ0n) is 9.43. The number of amides is 1. The fourth-order valence-electron chi connectivity index (χ4n) is 1.52. The molecule has 1 heterocycles. The third kappa shape index (κ3) is 2.75. The van der Waals surface area contributed by atoms with Crippen LogP contribution in [-0.2, 0) is 13.6 Å². The molecule has 0 aliphatic carbocycles. The van der Waals surface area contributed by atoms with Crippen LogP contribution in [-0.4, -0.2) is 15.5 Å². The zero-order valence-corrected chi connectivity index (χ0v) is 11.6. The van der Waals surface area contributed by atoms with Crippen LogP contribution in [0.15, 0.2) is 10.9 Å². The molecule has 1 aromatic rings. The highest BCUT2D eigenvalue weighted by Gasteiger charge is 2.10. The predicted molar refractivity (Wildman–Crippen MR) is 72.2 cm³/mol. The van der Waals surface area contributed by atoms with Crippen molar-refractivity contribution in [2.45, 2.75) is 13.5 Å². The van der Waals surface area contributed by atoms with Gasteiger partial charge in [-0.3, -0.25) is 9.59 Å². The number of pyridine rings is 1. The van der Waals surface area contributed by atoms with E-state index < -0.39 is 0 Å². The van der Waals surface area contributed by atoms with E-state index in [0.717, 1.165) is 11.5 Å². The fraction of sp³-hybridized carbons (Fsp3) is 0.400. The Morgan fingerprint density at radius 2 is 2.19 bits per heavy atom. The molecule has 0 fully saturated rings. The highest BCUT2D eigenvalue weighted by molar-refractivity contribution is 14.1. The number of anilines is 1. The first kappa shape index (κ1) is 13.0. The number of hydrogen-bond acceptors (Lipinski definition) is 3. The van der Waals surface area contributed by atoms with Gasteiger partial charge in [0.1, 0.15) is 5.82 Å². The molecule has 0 spiro atoms. The van der Waals surface area contributed by atoms with Crippen LogP contribution in [0.25, 0.3) is 0 Å². The van der Waals surface area contributed by atoms with E-state index in [1.165, 1.54) is 0 Å². The topological polar surface area (TPSA) is 63.1 Å². The van der Waals surface area contributed by atoms with Crippen molar-refractivity contribution in [1.29, 1.82) is 0 Å². The van der Waals surface area contributed by atoms with E-state index >= 15 is 0 Å². The average molecular weight is 335 g/mol. The van der Waals surface area contributed by atoms with Crippen LogP contribution < -0.4 is 16.1 Å². The van der Waals surface area contributed by atoms with Crippen LogP contribution in [0, 0.1) is 6.92 Å². The number of carbonyl (C=O) groups is 1. The summed E-state index contributed by atoms with van der Waals surface area (Å²) >= 11 is 1.64. The van der Waals surface area contributed by atoms with Crippen LogP contribution in [0.5, 0.6) is 0 Å². The Morgan fingerprint density at radius 3 is 2.69 bits per heavy atom. The van der Waals surface area contributed by atoms with E-state index in [4.69, 9.17) is 0 Å². The summed E-state index contributed by atoms with van der Waals surface area (Å²) < 4.78 is 1.71. The Bertz CT molecular complexity index is 468. The summed E-state index contributed by atoms with van der Waals surface area (Å²) in [6.45, 7) is 2.10. The van der Waals surface area contributed by atoms with Crippen LogP contribution in [0.1, 0.15) is 11.3 Å². The molecule has 1 amide bonds. The van der Waals surface area contributed by atoms with Gasteiger partial charge in [0.15, 0.2) is 5.43 Å². The molecular formula is C10H14IN3O2. The first-order valence-electron chi connectivity index (χ1n) is 4.78. The minimum Gasteiger partial charge on any atom is -0.374 e. The van der Waals surface area contributed by atoms with Crippen molar-refractivity contribution in [1.82, 2.24) is 9.88 Å². The lowest BCUT2D eigenvalue weighted by Gasteiger charge is -2.15. The zero-order chi connectivity index (χ0) is 12.3. The van der Waals surface area contributed by atoms with Gasteiger partial charge < -0.3 is 15.2 Å². The van der Waals surface area contributed by atoms with E-state index in [2.05, 4.69) is 10.6 Å².